The molecule has 1 fully saturated rings. The maximum Gasteiger partial charge on any atom is 0.281 e. The molecular formula is C24H22N6O2S3. The first-order valence-corrected chi connectivity index (χ1v) is 12.5. The summed E-state index contributed by atoms with van der Waals surface area (Å²) in [5.41, 5.74) is 3.82. The molecule has 0 N–H and O–H groups in total. The number of aryl methyl sites for hydroxylation is 1. The fourth-order valence-corrected chi connectivity index (χ4v) is 4.63. The summed E-state index contributed by atoms with van der Waals surface area (Å²) in [6.07, 6.45) is 6.07. The van der Waals surface area contributed by atoms with Gasteiger partial charge in [0, 0.05) is 25.2 Å². The van der Waals surface area contributed by atoms with Gasteiger partial charge >= 0.3 is 0 Å². The van der Waals surface area contributed by atoms with Gasteiger partial charge < -0.3 is 9.30 Å². The topological polar surface area (TPSA) is 79.8 Å². The first-order chi connectivity index (χ1) is 16.7. The van der Waals surface area contributed by atoms with Gasteiger partial charge in [-0.15, -0.1) is 43.0 Å². The molecule has 1 saturated carbocycles. The Labute approximate surface area is 217 Å². The largest absolute Gasteiger partial charge is 0.459 e. The number of hydrogen-bond acceptors (Lipinski definition) is 8. The Balaban J connectivity index is 1.54. The summed E-state index contributed by atoms with van der Waals surface area (Å²) >= 11 is 12.5. The van der Waals surface area contributed by atoms with E-state index in [0.29, 0.717) is 28.6 Å². The van der Waals surface area contributed by atoms with Gasteiger partial charge in [-0.3, -0.25) is 9.48 Å². The molecule has 35 heavy (non-hydrogen) atoms. The van der Waals surface area contributed by atoms with E-state index in [2.05, 4.69) is 57.6 Å². The van der Waals surface area contributed by atoms with E-state index < -0.39 is 3.60 Å². The van der Waals surface area contributed by atoms with Crippen LogP contribution in [0.5, 0.6) is 5.75 Å². The van der Waals surface area contributed by atoms with Crippen molar-refractivity contribution in [1.29, 1.82) is 0 Å². The average Bonchev–Trinajstić information content (AvgIpc) is 3.41. The lowest BCUT2D eigenvalue weighted by Crippen LogP contribution is -2.24. The molecule has 1 aliphatic rings. The fourth-order valence-electron chi connectivity index (χ4n) is 4.32. The van der Waals surface area contributed by atoms with Crippen molar-refractivity contribution >= 4 is 60.0 Å². The van der Waals surface area contributed by atoms with Gasteiger partial charge in [0.25, 0.3) is 5.56 Å². The minimum absolute atomic E-state index is 0.223. The Morgan fingerprint density at radius 1 is 1.09 bits per heavy atom. The minimum atomic E-state index is -1.22. The third-order valence-electron chi connectivity index (χ3n) is 6.05. The molecule has 0 atom stereocenters. The summed E-state index contributed by atoms with van der Waals surface area (Å²) in [7, 11) is 1.87. The summed E-state index contributed by atoms with van der Waals surface area (Å²) in [5.74, 6) is 1.15. The third-order valence-corrected chi connectivity index (χ3v) is 6.33. The Morgan fingerprint density at radius 2 is 1.86 bits per heavy atom. The van der Waals surface area contributed by atoms with Crippen LogP contribution >= 0.6 is 37.9 Å². The molecule has 0 unspecified atom stereocenters. The number of aromatic nitrogens is 6. The summed E-state index contributed by atoms with van der Waals surface area (Å²) < 4.78 is 9.59. The van der Waals surface area contributed by atoms with E-state index in [0.717, 1.165) is 28.5 Å². The van der Waals surface area contributed by atoms with Crippen molar-refractivity contribution in [2.75, 3.05) is 0 Å². The molecule has 0 amide bonds. The van der Waals surface area contributed by atoms with E-state index in [1.54, 1.807) is 23.1 Å². The SMILES string of the molecule is Cn1cc2cc(-n3nc4ncn(CC5CC5)c4c(-c4ccc(OC(S)(S)S)cc4)c3=O)ccc2n1. The van der Waals surface area contributed by atoms with Crippen LogP contribution in [0.2, 0.25) is 0 Å². The second-order valence-corrected chi connectivity index (χ2v) is 11.8. The zero-order chi connectivity index (χ0) is 24.3. The molecule has 5 aromatic rings. The van der Waals surface area contributed by atoms with Gasteiger partial charge in [0.2, 0.25) is 3.60 Å². The van der Waals surface area contributed by atoms with Crippen molar-refractivity contribution < 1.29 is 4.74 Å². The van der Waals surface area contributed by atoms with Crippen LogP contribution in [0.3, 0.4) is 0 Å². The highest BCUT2D eigenvalue weighted by Crippen LogP contribution is 2.34. The summed E-state index contributed by atoms with van der Waals surface area (Å²) in [4.78, 5) is 18.5. The number of imidazole rings is 1. The standard InChI is InChI=1S/C24H22N6O2S3/c1-28-12-16-10-17(6-9-19(16)26-28)30-23(31)20(15-4-7-18(8-5-15)32-24(33,34)35)21-22(27-30)25-13-29(21)11-14-2-3-14/h4-10,12-14,33-35H,2-3,11H2,1H3. The van der Waals surface area contributed by atoms with E-state index in [4.69, 9.17) is 4.74 Å². The van der Waals surface area contributed by atoms with E-state index >= 15 is 0 Å². The number of rotatable bonds is 6. The molecule has 0 aliphatic heterocycles. The Morgan fingerprint density at radius 3 is 2.57 bits per heavy atom. The van der Waals surface area contributed by atoms with Crippen LogP contribution in [-0.4, -0.2) is 32.7 Å². The summed E-state index contributed by atoms with van der Waals surface area (Å²) in [6.45, 7) is 0.818. The molecule has 3 aromatic heterocycles. The van der Waals surface area contributed by atoms with Crippen LogP contribution < -0.4 is 10.3 Å². The van der Waals surface area contributed by atoms with Gasteiger partial charge in [-0.25, -0.2) is 4.98 Å². The van der Waals surface area contributed by atoms with Crippen LogP contribution in [0.25, 0.3) is 38.9 Å². The van der Waals surface area contributed by atoms with Crippen molar-refractivity contribution in [3.63, 3.8) is 0 Å². The van der Waals surface area contributed by atoms with E-state index in [1.165, 1.54) is 17.5 Å². The molecule has 0 spiro atoms. The zero-order valence-corrected chi connectivity index (χ0v) is 21.4. The first-order valence-electron chi connectivity index (χ1n) is 11.1. The number of hydrogen-bond donors (Lipinski definition) is 3. The van der Waals surface area contributed by atoms with Crippen LogP contribution in [-0.2, 0) is 13.6 Å². The molecule has 3 heterocycles. The minimum Gasteiger partial charge on any atom is -0.459 e. The fraction of sp³-hybridized carbons (Fsp3) is 0.250. The van der Waals surface area contributed by atoms with Gasteiger partial charge in [-0.2, -0.15) is 9.78 Å². The van der Waals surface area contributed by atoms with Crippen LogP contribution in [0.15, 0.2) is 59.8 Å². The molecule has 0 saturated heterocycles. The highest BCUT2D eigenvalue weighted by atomic mass is 32.2. The maximum absolute atomic E-state index is 14.0. The predicted octanol–water partition coefficient (Wildman–Crippen LogP) is 4.33. The normalized spacial score (nSPS) is 14.2. The molecule has 0 bridgehead atoms. The van der Waals surface area contributed by atoms with Crippen molar-refractivity contribution in [2.24, 2.45) is 13.0 Å². The summed E-state index contributed by atoms with van der Waals surface area (Å²) in [6, 6.07) is 12.9. The van der Waals surface area contributed by atoms with Crippen molar-refractivity contribution in [3.8, 4) is 22.6 Å². The summed E-state index contributed by atoms with van der Waals surface area (Å²) in [5, 5.41) is 10.00. The number of nitrogens with zero attached hydrogens (tertiary/aromatic N) is 6. The highest BCUT2D eigenvalue weighted by Gasteiger charge is 2.25. The Kier molecular flexibility index (Phi) is 5.39. The number of thiol groups is 3. The molecule has 178 valence electrons. The number of fused-ring (bicyclic) bond motifs is 2. The van der Waals surface area contributed by atoms with Crippen LogP contribution in [0.1, 0.15) is 12.8 Å². The van der Waals surface area contributed by atoms with Gasteiger partial charge in [-0.05, 0) is 54.7 Å². The Hall–Kier alpha value is -2.89. The van der Waals surface area contributed by atoms with Crippen LogP contribution in [0, 0.1) is 5.92 Å². The number of ether oxygens (including phenoxy) is 1. The average molecular weight is 523 g/mol. The number of benzene rings is 2. The van der Waals surface area contributed by atoms with Crippen molar-refractivity contribution in [1.82, 2.24) is 29.1 Å². The quantitative estimate of drug-likeness (QED) is 0.229. The van der Waals surface area contributed by atoms with Gasteiger partial charge in [0.15, 0.2) is 5.65 Å². The lowest BCUT2D eigenvalue weighted by Gasteiger charge is -2.18. The lowest BCUT2D eigenvalue weighted by atomic mass is 10.1. The molecule has 1 aliphatic carbocycles. The van der Waals surface area contributed by atoms with Crippen LogP contribution in [0.4, 0.5) is 0 Å². The van der Waals surface area contributed by atoms with Gasteiger partial charge in [0.1, 0.15) is 11.3 Å². The van der Waals surface area contributed by atoms with Gasteiger partial charge in [-0.1, -0.05) is 12.1 Å². The van der Waals surface area contributed by atoms with Gasteiger partial charge in [0.05, 0.1) is 23.1 Å². The molecule has 11 heteroatoms. The van der Waals surface area contributed by atoms with Crippen molar-refractivity contribution in [2.45, 2.75) is 23.0 Å². The smallest absolute Gasteiger partial charge is 0.281 e. The second kappa shape index (κ2) is 8.35. The Bertz CT molecular complexity index is 1630. The van der Waals surface area contributed by atoms with E-state index in [1.807, 2.05) is 43.6 Å². The molecule has 8 nitrogen and oxygen atoms in total. The predicted molar refractivity (Wildman–Crippen MR) is 146 cm³/mol. The second-order valence-electron chi connectivity index (χ2n) is 8.85. The monoisotopic (exact) mass is 522 g/mol. The highest BCUT2D eigenvalue weighted by molar-refractivity contribution is 8.16. The first kappa shape index (κ1) is 22.6. The van der Waals surface area contributed by atoms with E-state index in [9.17, 15) is 4.79 Å². The van der Waals surface area contributed by atoms with E-state index in [-0.39, 0.29) is 5.56 Å². The molecule has 6 rings (SSSR count). The molecule has 2 aromatic carbocycles. The third kappa shape index (κ3) is 4.43. The molecule has 0 radical (unpaired) electrons. The zero-order valence-electron chi connectivity index (χ0n) is 18.7. The lowest BCUT2D eigenvalue weighted by molar-refractivity contribution is 0.345. The maximum atomic E-state index is 14.0. The molecular weight excluding hydrogens is 501 g/mol. The van der Waals surface area contributed by atoms with Crippen molar-refractivity contribution in [3.05, 3.63) is 65.3 Å².